The second-order valence-corrected chi connectivity index (χ2v) is 13.4. The van der Waals surface area contributed by atoms with E-state index in [-0.39, 0.29) is 0 Å². The lowest BCUT2D eigenvalue weighted by molar-refractivity contribution is 0.476. The second kappa shape index (κ2) is 10.8. The molecule has 0 amide bonds. The maximum Gasteiger partial charge on any atom is 0.152 e. The van der Waals surface area contributed by atoms with Crippen LogP contribution in [0.15, 0.2) is 182 Å². The van der Waals surface area contributed by atoms with Crippen molar-refractivity contribution in [1.29, 1.82) is 0 Å². The lowest BCUT2D eigenvalue weighted by Crippen LogP contribution is -2.10. The van der Waals surface area contributed by atoms with Crippen LogP contribution < -0.4 is 9.64 Å². The highest BCUT2D eigenvalue weighted by Gasteiger charge is 2.23. The minimum absolute atomic E-state index is 0.880. The monoisotopic (exact) mass is 650 g/mol. The van der Waals surface area contributed by atoms with Crippen molar-refractivity contribution >= 4 is 71.2 Å². The zero-order valence-electron chi connectivity index (χ0n) is 27.6. The maximum absolute atomic E-state index is 6.35. The zero-order chi connectivity index (χ0) is 33.5. The van der Waals surface area contributed by atoms with Gasteiger partial charge in [-0.25, -0.2) is 0 Å². The Bertz CT molecular complexity index is 3000. The van der Waals surface area contributed by atoms with Crippen molar-refractivity contribution in [3.63, 3.8) is 0 Å². The van der Waals surface area contributed by atoms with E-state index in [1.54, 1.807) is 0 Å². The first kappa shape index (κ1) is 28.0. The number of hydrogen-bond donors (Lipinski definition) is 0. The van der Waals surface area contributed by atoms with Crippen molar-refractivity contribution < 1.29 is 4.74 Å². The second-order valence-electron chi connectivity index (χ2n) is 13.4. The molecule has 0 N–H and O–H groups in total. The quantitative estimate of drug-likeness (QED) is 0.176. The van der Waals surface area contributed by atoms with Gasteiger partial charge in [0.25, 0.3) is 0 Å². The SMILES string of the molecule is c1ccc2c(c1)Oc1cccc3c4cc(-c5ccc(N(c6ccc7c(ccc8ccccc87)c6)c6cccc7ccccc67)cc5)ccc4n-2c13. The number of benzene rings is 9. The summed E-state index contributed by atoms with van der Waals surface area (Å²) in [5.74, 6) is 1.77. The number of aromatic nitrogens is 1. The molecule has 11 rings (SSSR count). The molecule has 0 atom stereocenters. The average molecular weight is 651 g/mol. The molecule has 1 aliphatic rings. The van der Waals surface area contributed by atoms with E-state index in [1.807, 2.05) is 12.1 Å². The van der Waals surface area contributed by atoms with Crippen molar-refractivity contribution in [2.24, 2.45) is 0 Å². The van der Waals surface area contributed by atoms with Crippen LogP contribution in [0.2, 0.25) is 0 Å². The average Bonchev–Trinajstić information content (AvgIpc) is 3.53. The van der Waals surface area contributed by atoms with Gasteiger partial charge in [-0.1, -0.05) is 121 Å². The van der Waals surface area contributed by atoms with Gasteiger partial charge in [0.05, 0.1) is 22.4 Å². The van der Waals surface area contributed by atoms with Gasteiger partial charge >= 0.3 is 0 Å². The summed E-state index contributed by atoms with van der Waals surface area (Å²) in [4.78, 5) is 2.39. The third kappa shape index (κ3) is 4.25. The van der Waals surface area contributed by atoms with Crippen molar-refractivity contribution in [2.45, 2.75) is 0 Å². The first-order chi connectivity index (χ1) is 25.3. The van der Waals surface area contributed by atoms with E-state index in [1.165, 1.54) is 59.7 Å². The Kier molecular flexibility index (Phi) is 5.96. The summed E-state index contributed by atoms with van der Waals surface area (Å²) in [6, 6.07) is 65.7. The normalized spacial score (nSPS) is 12.1. The zero-order valence-corrected chi connectivity index (χ0v) is 27.6. The van der Waals surface area contributed by atoms with Gasteiger partial charge in [-0.3, -0.25) is 0 Å². The molecule has 1 aliphatic heterocycles. The van der Waals surface area contributed by atoms with E-state index in [0.29, 0.717) is 0 Å². The molecular formula is C48H30N2O. The molecule has 0 radical (unpaired) electrons. The summed E-state index contributed by atoms with van der Waals surface area (Å²) in [7, 11) is 0. The standard InChI is InChI=1S/C48H30N2O/c1-3-12-38-33(10-1)19-20-35-29-37(26-27-39(35)38)49(43-16-7-11-32-9-2-4-13-40(32)43)36-24-21-31(22-25-36)34-23-28-44-42(30-34)41-14-8-18-47-48(41)50(44)45-15-5-6-17-46(45)51-47/h1-30H. The van der Waals surface area contributed by atoms with Gasteiger partial charge in [0, 0.05) is 27.5 Å². The molecule has 0 spiro atoms. The van der Waals surface area contributed by atoms with Gasteiger partial charge in [-0.15, -0.1) is 0 Å². The molecule has 0 unspecified atom stereocenters. The van der Waals surface area contributed by atoms with Crippen LogP contribution in [-0.4, -0.2) is 4.57 Å². The first-order valence-corrected chi connectivity index (χ1v) is 17.4. The molecule has 0 aliphatic carbocycles. The van der Waals surface area contributed by atoms with E-state index >= 15 is 0 Å². The number of rotatable bonds is 4. The molecule has 9 aromatic carbocycles. The summed E-state index contributed by atoms with van der Waals surface area (Å²) in [6.07, 6.45) is 0. The Morgan fingerprint density at radius 2 is 1.04 bits per heavy atom. The molecule has 3 heteroatoms. The highest BCUT2D eigenvalue weighted by atomic mass is 16.5. The summed E-state index contributed by atoms with van der Waals surface area (Å²) in [5, 5.41) is 9.87. The number of para-hydroxylation sites is 3. The number of hydrogen-bond acceptors (Lipinski definition) is 2. The van der Waals surface area contributed by atoms with Crippen LogP contribution in [0, 0.1) is 0 Å². The summed E-state index contributed by atoms with van der Waals surface area (Å²) in [5.41, 5.74) is 9.11. The molecule has 0 saturated heterocycles. The molecule has 1 aromatic heterocycles. The fourth-order valence-corrected chi connectivity index (χ4v) is 8.17. The third-order valence-corrected chi connectivity index (χ3v) is 10.5. The lowest BCUT2D eigenvalue weighted by atomic mass is 10.00. The highest BCUT2D eigenvalue weighted by Crippen LogP contribution is 2.46. The van der Waals surface area contributed by atoms with Crippen molar-refractivity contribution in [3.8, 4) is 28.3 Å². The first-order valence-electron chi connectivity index (χ1n) is 17.4. The minimum Gasteiger partial charge on any atom is -0.453 e. The number of nitrogens with zero attached hydrogens (tertiary/aromatic N) is 2. The Labute approximate surface area is 294 Å². The van der Waals surface area contributed by atoms with Gasteiger partial charge in [-0.2, -0.15) is 0 Å². The van der Waals surface area contributed by atoms with E-state index in [2.05, 4.69) is 179 Å². The highest BCUT2D eigenvalue weighted by molar-refractivity contribution is 6.13. The molecule has 0 bridgehead atoms. The molecular weight excluding hydrogens is 621 g/mol. The van der Waals surface area contributed by atoms with Crippen LogP contribution in [0.25, 0.3) is 70.9 Å². The molecule has 3 nitrogen and oxygen atoms in total. The van der Waals surface area contributed by atoms with Crippen LogP contribution in [0.3, 0.4) is 0 Å². The van der Waals surface area contributed by atoms with Gasteiger partial charge < -0.3 is 14.2 Å². The number of ether oxygens (including phenoxy) is 1. The molecule has 0 fully saturated rings. The Morgan fingerprint density at radius 3 is 1.94 bits per heavy atom. The van der Waals surface area contributed by atoms with E-state index in [0.717, 1.165) is 39.8 Å². The molecule has 2 heterocycles. The fourth-order valence-electron chi connectivity index (χ4n) is 8.17. The summed E-state index contributed by atoms with van der Waals surface area (Å²) in [6.45, 7) is 0. The molecule has 0 saturated carbocycles. The number of anilines is 3. The minimum atomic E-state index is 0.880. The summed E-state index contributed by atoms with van der Waals surface area (Å²) >= 11 is 0. The van der Waals surface area contributed by atoms with Gasteiger partial charge in [-0.05, 0) is 98.7 Å². The maximum atomic E-state index is 6.35. The molecule has 51 heavy (non-hydrogen) atoms. The Balaban J connectivity index is 1.05. The van der Waals surface area contributed by atoms with Crippen LogP contribution in [-0.2, 0) is 0 Å². The van der Waals surface area contributed by atoms with E-state index < -0.39 is 0 Å². The summed E-state index contributed by atoms with van der Waals surface area (Å²) < 4.78 is 8.69. The van der Waals surface area contributed by atoms with Crippen molar-refractivity contribution in [3.05, 3.63) is 182 Å². The van der Waals surface area contributed by atoms with Gasteiger partial charge in [0.15, 0.2) is 11.5 Å². The van der Waals surface area contributed by atoms with E-state index in [9.17, 15) is 0 Å². The third-order valence-electron chi connectivity index (χ3n) is 10.5. The fraction of sp³-hybridized carbons (Fsp3) is 0. The molecule has 238 valence electrons. The van der Waals surface area contributed by atoms with Crippen molar-refractivity contribution in [1.82, 2.24) is 4.57 Å². The van der Waals surface area contributed by atoms with Crippen LogP contribution >= 0.6 is 0 Å². The topological polar surface area (TPSA) is 17.4 Å². The largest absolute Gasteiger partial charge is 0.453 e. The van der Waals surface area contributed by atoms with Crippen LogP contribution in [0.4, 0.5) is 17.1 Å². The molecule has 10 aromatic rings. The predicted octanol–water partition coefficient (Wildman–Crippen LogP) is 13.5. The lowest BCUT2D eigenvalue weighted by Gasteiger charge is -2.27. The van der Waals surface area contributed by atoms with Crippen molar-refractivity contribution in [2.75, 3.05) is 4.90 Å². The number of fused-ring (bicyclic) bond motifs is 9. The predicted molar refractivity (Wildman–Crippen MR) is 213 cm³/mol. The Morgan fingerprint density at radius 1 is 0.392 bits per heavy atom. The van der Waals surface area contributed by atoms with Crippen LogP contribution in [0.5, 0.6) is 11.5 Å². The van der Waals surface area contributed by atoms with E-state index in [4.69, 9.17) is 4.74 Å². The van der Waals surface area contributed by atoms with Crippen LogP contribution in [0.1, 0.15) is 0 Å². The smallest absolute Gasteiger partial charge is 0.152 e. The Hall–Kier alpha value is -6.84. The van der Waals surface area contributed by atoms with Gasteiger partial charge in [0.1, 0.15) is 0 Å². The van der Waals surface area contributed by atoms with Gasteiger partial charge in [0.2, 0.25) is 0 Å².